The van der Waals surface area contributed by atoms with Gasteiger partial charge in [-0.15, -0.1) is 0 Å². The first-order chi connectivity index (χ1) is 11.4. The molecule has 0 aromatic rings. The lowest BCUT2D eigenvalue weighted by Gasteiger charge is -2.58. The van der Waals surface area contributed by atoms with Crippen molar-refractivity contribution in [3.05, 3.63) is 0 Å². The van der Waals surface area contributed by atoms with Crippen molar-refractivity contribution in [3.63, 3.8) is 0 Å². The van der Waals surface area contributed by atoms with Crippen LogP contribution in [0, 0.1) is 22.2 Å². The third kappa shape index (κ3) is 5.23. The average molecular weight is 336 g/mol. The molecule has 2 atom stereocenters. The van der Waals surface area contributed by atoms with Crippen LogP contribution in [0.25, 0.3) is 0 Å². The molecule has 0 aromatic carbocycles. The molecule has 2 rings (SSSR count). The molecule has 0 aromatic heterocycles. The number of nitrogens with two attached hydrogens (primary N) is 1. The number of hydrogen-bond acceptors (Lipinski definition) is 1. The molecule has 24 heavy (non-hydrogen) atoms. The molecule has 0 saturated heterocycles. The first-order valence-electron chi connectivity index (χ1n) is 11.1. The zero-order valence-corrected chi connectivity index (χ0v) is 17.3. The van der Waals surface area contributed by atoms with Crippen molar-refractivity contribution in [1.82, 2.24) is 0 Å². The van der Waals surface area contributed by atoms with E-state index < -0.39 is 0 Å². The van der Waals surface area contributed by atoms with Crippen LogP contribution in [0.15, 0.2) is 0 Å². The van der Waals surface area contributed by atoms with Gasteiger partial charge in [-0.1, -0.05) is 59.8 Å². The molecule has 0 radical (unpaired) electrons. The Morgan fingerprint density at radius 2 is 1.29 bits per heavy atom. The third-order valence-corrected chi connectivity index (χ3v) is 7.32. The first kappa shape index (κ1) is 20.3. The second-order valence-electron chi connectivity index (χ2n) is 10.4. The van der Waals surface area contributed by atoms with Gasteiger partial charge in [0.15, 0.2) is 0 Å². The highest BCUT2D eigenvalue weighted by Crippen LogP contribution is 2.64. The van der Waals surface area contributed by atoms with E-state index in [0.29, 0.717) is 16.2 Å². The van der Waals surface area contributed by atoms with E-state index in [2.05, 4.69) is 27.7 Å². The summed E-state index contributed by atoms with van der Waals surface area (Å²) >= 11 is 0. The molecule has 2 unspecified atom stereocenters. The van der Waals surface area contributed by atoms with E-state index in [1.807, 2.05) is 0 Å². The molecule has 2 aliphatic carbocycles. The molecule has 142 valence electrons. The Morgan fingerprint density at radius 1 is 0.750 bits per heavy atom. The molecular weight excluding hydrogens is 290 g/mol. The fourth-order valence-electron chi connectivity index (χ4n) is 6.90. The van der Waals surface area contributed by atoms with E-state index in [9.17, 15) is 0 Å². The monoisotopic (exact) mass is 335 g/mol. The molecule has 2 fully saturated rings. The minimum atomic E-state index is 0.619. The maximum Gasteiger partial charge on any atom is -0.00773 e. The second kappa shape index (κ2) is 8.56. The average Bonchev–Trinajstić information content (AvgIpc) is 2.50. The van der Waals surface area contributed by atoms with Crippen LogP contribution in [0.5, 0.6) is 0 Å². The predicted molar refractivity (Wildman–Crippen MR) is 107 cm³/mol. The van der Waals surface area contributed by atoms with Crippen molar-refractivity contribution < 1.29 is 0 Å². The van der Waals surface area contributed by atoms with Gasteiger partial charge in [-0.05, 0) is 86.5 Å². The molecule has 2 N–H and O–H groups in total. The fourth-order valence-corrected chi connectivity index (χ4v) is 6.90. The van der Waals surface area contributed by atoms with Crippen molar-refractivity contribution in [2.24, 2.45) is 27.9 Å². The van der Waals surface area contributed by atoms with Gasteiger partial charge in [0, 0.05) is 0 Å². The zero-order chi connectivity index (χ0) is 17.7. The van der Waals surface area contributed by atoms with Crippen molar-refractivity contribution in [2.75, 3.05) is 6.54 Å². The topological polar surface area (TPSA) is 26.0 Å². The quantitative estimate of drug-likeness (QED) is 0.424. The summed E-state index contributed by atoms with van der Waals surface area (Å²) in [6.45, 7) is 10.8. The standard InChI is InChI=1S/C23H45N/c1-5-7-11-21(3)15-20-16-22(4,12-8-6-2)19-23(17-20,18-21)13-9-10-14-24/h20H,5-19,24H2,1-4H3. The lowest BCUT2D eigenvalue weighted by atomic mass is 9.47. The summed E-state index contributed by atoms with van der Waals surface area (Å²) in [5, 5.41) is 0. The van der Waals surface area contributed by atoms with Gasteiger partial charge in [0.05, 0.1) is 0 Å². The number of unbranched alkanes of at least 4 members (excludes halogenated alkanes) is 3. The van der Waals surface area contributed by atoms with E-state index in [1.54, 1.807) is 0 Å². The minimum absolute atomic E-state index is 0.619. The van der Waals surface area contributed by atoms with Crippen molar-refractivity contribution in [1.29, 1.82) is 0 Å². The Balaban J connectivity index is 2.14. The molecule has 1 heteroatoms. The Hall–Kier alpha value is -0.0400. The van der Waals surface area contributed by atoms with E-state index in [4.69, 9.17) is 5.73 Å². The van der Waals surface area contributed by atoms with Crippen LogP contribution >= 0.6 is 0 Å². The van der Waals surface area contributed by atoms with Crippen LogP contribution < -0.4 is 5.73 Å². The van der Waals surface area contributed by atoms with E-state index in [-0.39, 0.29) is 0 Å². The Kier molecular flexibility index (Phi) is 7.23. The van der Waals surface area contributed by atoms with Gasteiger partial charge in [-0.25, -0.2) is 0 Å². The van der Waals surface area contributed by atoms with Crippen LogP contribution in [0.2, 0.25) is 0 Å². The molecular formula is C23H45N. The SMILES string of the molecule is CCCCC1(C)CC2CC(C)(CCCC)CC(CCCCN)(C2)C1. The highest BCUT2D eigenvalue weighted by Gasteiger charge is 2.52. The Bertz CT molecular complexity index is 350. The Labute approximate surface area is 152 Å². The highest BCUT2D eigenvalue weighted by atomic mass is 14.6. The summed E-state index contributed by atoms with van der Waals surface area (Å²) in [5.74, 6) is 0.995. The summed E-state index contributed by atoms with van der Waals surface area (Å²) in [7, 11) is 0. The molecule has 0 amide bonds. The van der Waals surface area contributed by atoms with Crippen LogP contribution in [0.1, 0.15) is 118 Å². The van der Waals surface area contributed by atoms with E-state index in [1.165, 1.54) is 89.9 Å². The van der Waals surface area contributed by atoms with Crippen LogP contribution in [-0.4, -0.2) is 6.54 Å². The molecule has 2 bridgehead atoms. The predicted octanol–water partition coefficient (Wildman–Crippen LogP) is 7.09. The number of hydrogen-bond donors (Lipinski definition) is 1. The Morgan fingerprint density at radius 3 is 1.75 bits per heavy atom. The van der Waals surface area contributed by atoms with Crippen molar-refractivity contribution >= 4 is 0 Å². The largest absolute Gasteiger partial charge is 0.330 e. The van der Waals surface area contributed by atoms with Crippen molar-refractivity contribution in [3.8, 4) is 0 Å². The highest BCUT2D eigenvalue weighted by molar-refractivity contribution is 5.03. The zero-order valence-electron chi connectivity index (χ0n) is 17.3. The molecule has 0 heterocycles. The van der Waals surface area contributed by atoms with Gasteiger partial charge in [-0.2, -0.15) is 0 Å². The fraction of sp³-hybridized carbons (Fsp3) is 1.00. The van der Waals surface area contributed by atoms with Gasteiger partial charge >= 0.3 is 0 Å². The molecule has 1 nitrogen and oxygen atoms in total. The van der Waals surface area contributed by atoms with Gasteiger partial charge in [-0.3, -0.25) is 0 Å². The van der Waals surface area contributed by atoms with Crippen LogP contribution in [0.3, 0.4) is 0 Å². The minimum Gasteiger partial charge on any atom is -0.330 e. The number of rotatable bonds is 10. The van der Waals surface area contributed by atoms with Gasteiger partial charge in [0.2, 0.25) is 0 Å². The second-order valence-corrected chi connectivity index (χ2v) is 10.4. The summed E-state index contributed by atoms with van der Waals surface area (Å²) in [4.78, 5) is 0. The summed E-state index contributed by atoms with van der Waals surface area (Å²) in [5.41, 5.74) is 7.69. The number of fused-ring (bicyclic) bond motifs is 2. The maximum absolute atomic E-state index is 5.81. The van der Waals surface area contributed by atoms with Crippen LogP contribution in [-0.2, 0) is 0 Å². The molecule has 2 saturated carbocycles. The summed E-state index contributed by atoms with van der Waals surface area (Å²) in [6, 6.07) is 0. The first-order valence-corrected chi connectivity index (χ1v) is 11.1. The molecule has 2 aliphatic rings. The summed E-state index contributed by atoms with van der Waals surface area (Å²) in [6.07, 6.45) is 20.1. The van der Waals surface area contributed by atoms with Crippen molar-refractivity contribution in [2.45, 2.75) is 118 Å². The van der Waals surface area contributed by atoms with E-state index >= 15 is 0 Å². The maximum atomic E-state index is 5.81. The van der Waals surface area contributed by atoms with Crippen LogP contribution in [0.4, 0.5) is 0 Å². The lowest BCUT2D eigenvalue weighted by molar-refractivity contribution is -0.0761. The van der Waals surface area contributed by atoms with Gasteiger partial charge in [0.1, 0.15) is 0 Å². The molecule has 0 aliphatic heterocycles. The van der Waals surface area contributed by atoms with E-state index in [0.717, 1.165) is 12.5 Å². The third-order valence-electron chi connectivity index (χ3n) is 7.32. The lowest BCUT2D eigenvalue weighted by Crippen LogP contribution is -2.47. The normalized spacial score (nSPS) is 39.1. The summed E-state index contributed by atoms with van der Waals surface area (Å²) < 4.78 is 0. The van der Waals surface area contributed by atoms with Gasteiger partial charge < -0.3 is 5.73 Å². The van der Waals surface area contributed by atoms with Gasteiger partial charge in [0.25, 0.3) is 0 Å². The smallest absolute Gasteiger partial charge is 0.00773 e. The molecule has 0 spiro atoms.